The molecule has 3 heterocycles. The quantitative estimate of drug-likeness (QED) is 0.753. The maximum Gasteiger partial charge on any atom is 0.261 e. The molecular weight excluding hydrogens is 409 g/mol. The Bertz CT molecular complexity index is 1080. The lowest BCUT2D eigenvalue weighted by Crippen LogP contribution is -2.55. The number of guanidine groups is 1. The number of likely N-dealkylation sites (N-methyl/N-ethyl adjacent to an activating group) is 1. The van der Waals surface area contributed by atoms with Crippen LogP contribution in [0.1, 0.15) is 24.8 Å². The van der Waals surface area contributed by atoms with Crippen LogP contribution in [0.2, 0.25) is 5.02 Å². The van der Waals surface area contributed by atoms with Crippen molar-refractivity contribution < 1.29 is 18.7 Å². The number of carbonyl (C=O) groups excluding carboxylic acids is 1. The number of hydrogen-bond donors (Lipinski definition) is 1. The summed E-state index contributed by atoms with van der Waals surface area (Å²) in [6.07, 6.45) is 1.97. The van der Waals surface area contributed by atoms with E-state index in [0.29, 0.717) is 30.9 Å². The Hall–Kier alpha value is -2.64. The zero-order valence-electron chi connectivity index (χ0n) is 16.5. The standard InChI is InChI=1S/C22H21ClFN3O3/c1-27-19(28)22(26-20(27)25)11-21(7-2-8-29-12-21)30-18-6-4-13(9-15(18)22)14-3-5-17(24)16(23)10-14/h3-6,9-10H,2,7-8,11-12H2,1H3,(H2,25,26)/t21-,22+/m1/s1. The van der Waals surface area contributed by atoms with E-state index in [0.717, 1.165) is 24.0 Å². The summed E-state index contributed by atoms with van der Waals surface area (Å²) in [5, 5.41) is 0.0356. The monoisotopic (exact) mass is 429 g/mol. The number of halogens is 2. The number of nitrogens with zero attached hydrogens (tertiary/aromatic N) is 2. The largest absolute Gasteiger partial charge is 0.484 e. The summed E-state index contributed by atoms with van der Waals surface area (Å²) >= 11 is 5.97. The van der Waals surface area contributed by atoms with Gasteiger partial charge in [-0.2, -0.15) is 0 Å². The predicted octanol–water partition coefficient (Wildman–Crippen LogP) is 3.46. The van der Waals surface area contributed by atoms with Gasteiger partial charge in [0.1, 0.15) is 17.2 Å². The molecule has 8 heteroatoms. The SMILES string of the molecule is CN1C(=O)[C@@]2(C[C@@]3(CCCOC3)Oc3ccc(-c4ccc(F)c(Cl)c4)cc32)N=C1N. The van der Waals surface area contributed by atoms with Crippen LogP contribution in [0.3, 0.4) is 0 Å². The van der Waals surface area contributed by atoms with E-state index < -0.39 is 17.0 Å². The van der Waals surface area contributed by atoms with Gasteiger partial charge >= 0.3 is 0 Å². The highest BCUT2D eigenvalue weighted by Crippen LogP contribution is 2.51. The number of amides is 1. The Morgan fingerprint density at radius 1 is 1.23 bits per heavy atom. The van der Waals surface area contributed by atoms with Gasteiger partial charge in [0.15, 0.2) is 11.5 Å². The Labute approximate surface area is 178 Å². The second-order valence-electron chi connectivity index (χ2n) is 8.15. The summed E-state index contributed by atoms with van der Waals surface area (Å²) < 4.78 is 25.7. The van der Waals surface area contributed by atoms with Gasteiger partial charge in [0, 0.05) is 25.6 Å². The maximum atomic E-state index is 13.6. The van der Waals surface area contributed by atoms with Crippen LogP contribution >= 0.6 is 11.6 Å². The van der Waals surface area contributed by atoms with Crippen molar-refractivity contribution in [3.05, 3.63) is 52.8 Å². The zero-order valence-corrected chi connectivity index (χ0v) is 17.2. The van der Waals surface area contributed by atoms with Crippen molar-refractivity contribution >= 4 is 23.5 Å². The van der Waals surface area contributed by atoms with Crippen molar-refractivity contribution in [3.63, 3.8) is 0 Å². The van der Waals surface area contributed by atoms with Gasteiger partial charge in [0.25, 0.3) is 5.91 Å². The van der Waals surface area contributed by atoms with Gasteiger partial charge in [-0.15, -0.1) is 0 Å². The number of ether oxygens (including phenoxy) is 2. The van der Waals surface area contributed by atoms with E-state index in [1.54, 1.807) is 19.2 Å². The lowest BCUT2D eigenvalue weighted by molar-refractivity contribution is -0.139. The first-order chi connectivity index (χ1) is 14.3. The molecule has 0 aliphatic carbocycles. The molecule has 2 atom stereocenters. The second-order valence-corrected chi connectivity index (χ2v) is 8.56. The van der Waals surface area contributed by atoms with Gasteiger partial charge in [-0.05, 0) is 48.2 Å². The Balaban J connectivity index is 1.68. The number of fused-ring (bicyclic) bond motifs is 2. The third-order valence-corrected chi connectivity index (χ3v) is 6.47. The van der Waals surface area contributed by atoms with Gasteiger partial charge in [-0.25, -0.2) is 9.38 Å². The van der Waals surface area contributed by atoms with Gasteiger partial charge in [-0.3, -0.25) is 9.69 Å². The molecule has 5 rings (SSSR count). The third kappa shape index (κ3) is 2.80. The molecule has 6 nitrogen and oxygen atoms in total. The molecule has 1 amide bonds. The van der Waals surface area contributed by atoms with Crippen molar-refractivity contribution in [1.82, 2.24) is 4.90 Å². The number of rotatable bonds is 1. The summed E-state index contributed by atoms with van der Waals surface area (Å²) in [5.41, 5.74) is 6.42. The van der Waals surface area contributed by atoms with Crippen LogP contribution in [0.25, 0.3) is 11.1 Å². The second kappa shape index (κ2) is 6.68. The van der Waals surface area contributed by atoms with Crippen LogP contribution in [-0.2, 0) is 15.1 Å². The molecular formula is C22H21ClFN3O3. The molecule has 156 valence electrons. The Kier molecular flexibility index (Phi) is 4.31. The Morgan fingerprint density at radius 3 is 2.67 bits per heavy atom. The van der Waals surface area contributed by atoms with Gasteiger partial charge in [0.05, 0.1) is 11.6 Å². The number of nitrogens with two attached hydrogens (primary N) is 1. The average Bonchev–Trinajstić information content (AvgIpc) is 2.94. The van der Waals surface area contributed by atoms with Crippen molar-refractivity contribution in [3.8, 4) is 16.9 Å². The van der Waals surface area contributed by atoms with Gasteiger partial charge in [0.2, 0.25) is 0 Å². The highest BCUT2D eigenvalue weighted by atomic mass is 35.5. The molecule has 1 saturated heterocycles. The number of carbonyl (C=O) groups is 1. The lowest BCUT2D eigenvalue weighted by Gasteiger charge is -2.46. The smallest absolute Gasteiger partial charge is 0.261 e. The highest BCUT2D eigenvalue weighted by Gasteiger charge is 2.58. The van der Waals surface area contributed by atoms with Crippen molar-refractivity contribution in [2.45, 2.75) is 30.4 Å². The zero-order chi connectivity index (χ0) is 21.1. The topological polar surface area (TPSA) is 77.2 Å². The van der Waals surface area contributed by atoms with E-state index in [1.165, 1.54) is 11.0 Å². The first-order valence-electron chi connectivity index (χ1n) is 9.84. The van der Waals surface area contributed by atoms with Crippen LogP contribution < -0.4 is 10.5 Å². The fraction of sp³-hybridized carbons (Fsp3) is 0.364. The van der Waals surface area contributed by atoms with E-state index in [1.807, 2.05) is 18.2 Å². The summed E-state index contributed by atoms with van der Waals surface area (Å²) in [4.78, 5) is 19.4. The molecule has 2 aromatic carbocycles. The lowest BCUT2D eigenvalue weighted by atomic mass is 9.74. The molecule has 0 saturated carbocycles. The molecule has 2 spiro atoms. The van der Waals surface area contributed by atoms with Crippen LogP contribution in [0.15, 0.2) is 41.4 Å². The van der Waals surface area contributed by atoms with E-state index in [9.17, 15) is 9.18 Å². The molecule has 0 bridgehead atoms. The molecule has 3 aliphatic rings. The van der Waals surface area contributed by atoms with Crippen molar-refractivity contribution in [1.29, 1.82) is 0 Å². The minimum absolute atomic E-state index is 0.0356. The molecule has 0 unspecified atom stereocenters. The number of hydrogen-bond acceptors (Lipinski definition) is 5. The summed E-state index contributed by atoms with van der Waals surface area (Å²) in [7, 11) is 1.62. The van der Waals surface area contributed by atoms with Crippen molar-refractivity contribution in [2.24, 2.45) is 10.7 Å². The molecule has 1 fully saturated rings. The highest BCUT2D eigenvalue weighted by molar-refractivity contribution is 6.31. The minimum atomic E-state index is -1.17. The average molecular weight is 430 g/mol. The Morgan fingerprint density at radius 2 is 2.00 bits per heavy atom. The van der Waals surface area contributed by atoms with Gasteiger partial charge in [-0.1, -0.05) is 23.7 Å². The van der Waals surface area contributed by atoms with Gasteiger partial charge < -0.3 is 15.2 Å². The summed E-state index contributed by atoms with van der Waals surface area (Å²) in [6.45, 7) is 1.07. The summed E-state index contributed by atoms with van der Waals surface area (Å²) in [5.74, 6) is 0.0880. The fourth-order valence-corrected chi connectivity index (χ4v) is 4.85. The van der Waals surface area contributed by atoms with Crippen LogP contribution in [0.4, 0.5) is 4.39 Å². The molecule has 2 aromatic rings. The molecule has 0 aromatic heterocycles. The first-order valence-corrected chi connectivity index (χ1v) is 10.2. The first kappa shape index (κ1) is 19.3. The molecule has 2 N–H and O–H groups in total. The molecule has 3 aliphatic heterocycles. The summed E-state index contributed by atoms with van der Waals surface area (Å²) in [6, 6.07) is 10.1. The number of benzene rings is 2. The predicted molar refractivity (Wildman–Crippen MR) is 111 cm³/mol. The van der Waals surface area contributed by atoms with Crippen LogP contribution in [0.5, 0.6) is 5.75 Å². The van der Waals surface area contributed by atoms with E-state index in [2.05, 4.69) is 4.99 Å². The minimum Gasteiger partial charge on any atom is -0.484 e. The van der Waals surface area contributed by atoms with E-state index in [4.69, 9.17) is 26.8 Å². The maximum absolute atomic E-state index is 13.6. The normalized spacial score (nSPS) is 27.9. The number of aliphatic imine (C=N–C) groups is 1. The molecule has 0 radical (unpaired) electrons. The third-order valence-electron chi connectivity index (χ3n) is 6.18. The van der Waals surface area contributed by atoms with E-state index in [-0.39, 0.29) is 16.9 Å². The van der Waals surface area contributed by atoms with Crippen molar-refractivity contribution in [2.75, 3.05) is 20.3 Å². The fourth-order valence-electron chi connectivity index (χ4n) is 4.67. The van der Waals surface area contributed by atoms with Crippen LogP contribution in [-0.4, -0.2) is 42.6 Å². The van der Waals surface area contributed by atoms with Crippen LogP contribution in [0, 0.1) is 5.82 Å². The van der Waals surface area contributed by atoms with E-state index >= 15 is 0 Å². The molecule has 30 heavy (non-hydrogen) atoms.